The van der Waals surface area contributed by atoms with E-state index in [2.05, 4.69) is 34.2 Å². The molecule has 0 saturated carbocycles. The minimum Gasteiger partial charge on any atom is -0.354 e. The van der Waals surface area contributed by atoms with Gasteiger partial charge in [-0.1, -0.05) is 59.9 Å². The summed E-state index contributed by atoms with van der Waals surface area (Å²) < 4.78 is 0. The molecule has 2 aromatic heterocycles. The van der Waals surface area contributed by atoms with E-state index in [-0.39, 0.29) is 16.7 Å². The van der Waals surface area contributed by atoms with Crippen molar-refractivity contribution in [1.82, 2.24) is 9.97 Å². The number of aromatic amines is 2. The van der Waals surface area contributed by atoms with Crippen LogP contribution in [-0.2, 0) is 4.79 Å². The summed E-state index contributed by atoms with van der Waals surface area (Å²) in [5.41, 5.74) is 4.24. The molecule has 4 nitrogen and oxygen atoms in total. The molecule has 6 heteroatoms. The number of hydrogen-bond donors (Lipinski definition) is 2. The molecule has 2 N–H and O–H groups in total. The van der Waals surface area contributed by atoms with Gasteiger partial charge < -0.3 is 14.8 Å². The molecule has 2 unspecified atom stereocenters. The number of aromatic nitrogens is 2. The summed E-state index contributed by atoms with van der Waals surface area (Å²) in [4.78, 5) is 31.4. The number of carbonyl (C=O) groups excluding carboxylic acids is 1. The maximum Gasteiger partial charge on any atom is 0.305 e. The molecule has 3 heterocycles. The predicted molar refractivity (Wildman–Crippen MR) is 111 cm³/mol. The van der Waals surface area contributed by atoms with Crippen LogP contribution in [0.4, 0.5) is 0 Å². The lowest BCUT2D eigenvalue weighted by atomic mass is 9.83. The molecule has 1 aliphatic rings. The zero-order chi connectivity index (χ0) is 18.4. The summed E-state index contributed by atoms with van der Waals surface area (Å²) in [5.74, 6) is 0.367. The third kappa shape index (κ3) is 2.67. The Kier molecular flexibility index (Phi) is 4.02. The lowest BCUT2D eigenvalue weighted by molar-refractivity contribution is -0.110. The summed E-state index contributed by atoms with van der Waals surface area (Å²) in [5, 5.41) is 2.00. The highest BCUT2D eigenvalue weighted by Crippen LogP contribution is 2.49. The van der Waals surface area contributed by atoms with E-state index in [0.29, 0.717) is 5.75 Å². The number of fused-ring (bicyclic) bond motifs is 2. The van der Waals surface area contributed by atoms with Crippen LogP contribution in [0.1, 0.15) is 16.4 Å². The van der Waals surface area contributed by atoms with Crippen molar-refractivity contribution in [2.45, 2.75) is 10.9 Å². The number of rotatable bonds is 3. The fourth-order valence-electron chi connectivity index (χ4n) is 3.89. The molecular weight excluding hydrogens is 376 g/mol. The van der Waals surface area contributed by atoms with Gasteiger partial charge in [0, 0.05) is 33.4 Å². The third-order valence-corrected chi connectivity index (χ3v) is 7.32. The Balaban J connectivity index is 1.84. The minimum absolute atomic E-state index is 0.0647. The van der Waals surface area contributed by atoms with E-state index in [0.717, 1.165) is 43.9 Å². The lowest BCUT2D eigenvalue weighted by Gasteiger charge is -2.28. The molecule has 4 aromatic rings. The van der Waals surface area contributed by atoms with Gasteiger partial charge in [-0.05, 0) is 17.2 Å². The molecule has 2 atom stereocenters. The number of hydrogen-bond acceptors (Lipinski definition) is 4. The smallest absolute Gasteiger partial charge is 0.305 e. The molecule has 5 rings (SSSR count). The van der Waals surface area contributed by atoms with Crippen molar-refractivity contribution in [2.75, 3.05) is 5.75 Å². The number of H-pyrrole nitrogens is 2. The van der Waals surface area contributed by atoms with Crippen LogP contribution in [0, 0.1) is 5.92 Å². The maximum atomic E-state index is 12.0. The Morgan fingerprint density at radius 1 is 1.00 bits per heavy atom. The molecule has 134 valence electrons. The van der Waals surface area contributed by atoms with Crippen molar-refractivity contribution in [3.05, 3.63) is 74.7 Å². The first-order valence-corrected chi connectivity index (χ1v) is 10.5. The standard InChI is InChI=1S/C21H16N2O2S2/c24-10-13-11-26-20-19(27-21(25)23-20)16(13)17-14-8-4-5-9-15(14)22-18(17)12-6-2-1-3-7-12/h1-10,13,16,22H,11H2,(H,23,25). The minimum atomic E-state index is -0.171. The van der Waals surface area contributed by atoms with Crippen molar-refractivity contribution in [2.24, 2.45) is 5.92 Å². The van der Waals surface area contributed by atoms with Crippen LogP contribution in [0.3, 0.4) is 0 Å². The van der Waals surface area contributed by atoms with Gasteiger partial charge >= 0.3 is 4.87 Å². The van der Waals surface area contributed by atoms with Gasteiger partial charge in [-0.3, -0.25) is 4.79 Å². The normalized spacial score (nSPS) is 19.1. The number of thioether (sulfide) groups is 1. The van der Waals surface area contributed by atoms with Crippen molar-refractivity contribution in [3.8, 4) is 11.3 Å². The van der Waals surface area contributed by atoms with E-state index in [1.807, 2.05) is 30.3 Å². The van der Waals surface area contributed by atoms with Gasteiger partial charge in [-0.2, -0.15) is 0 Å². The number of benzene rings is 2. The summed E-state index contributed by atoms with van der Waals surface area (Å²) in [7, 11) is 0. The Bertz CT molecular complexity index is 1190. The average molecular weight is 393 g/mol. The highest BCUT2D eigenvalue weighted by atomic mass is 32.2. The van der Waals surface area contributed by atoms with Gasteiger partial charge in [0.15, 0.2) is 0 Å². The summed E-state index contributed by atoms with van der Waals surface area (Å²) in [6.45, 7) is 0. The van der Waals surface area contributed by atoms with Crippen LogP contribution in [-0.4, -0.2) is 22.0 Å². The van der Waals surface area contributed by atoms with Crippen LogP contribution < -0.4 is 4.87 Å². The van der Waals surface area contributed by atoms with Crippen molar-refractivity contribution in [1.29, 1.82) is 0 Å². The second-order valence-electron chi connectivity index (χ2n) is 6.62. The van der Waals surface area contributed by atoms with Gasteiger partial charge in [-0.25, -0.2) is 0 Å². The first kappa shape index (κ1) is 16.6. The molecule has 0 saturated heterocycles. The number of carbonyl (C=O) groups is 1. The summed E-state index contributed by atoms with van der Waals surface area (Å²) >= 11 is 2.79. The van der Waals surface area contributed by atoms with Crippen LogP contribution in [0.2, 0.25) is 0 Å². The SMILES string of the molecule is O=CC1CSc2[nH]c(=O)sc2C1c1c(-c2ccccc2)[nH]c2ccccc12. The van der Waals surface area contributed by atoms with Crippen molar-refractivity contribution >= 4 is 40.3 Å². The quantitative estimate of drug-likeness (QED) is 0.499. The number of nitrogens with one attached hydrogen (secondary N) is 2. The van der Waals surface area contributed by atoms with Crippen LogP contribution >= 0.6 is 23.1 Å². The molecule has 0 aliphatic carbocycles. The molecule has 0 fully saturated rings. The van der Waals surface area contributed by atoms with Crippen LogP contribution in [0.15, 0.2) is 64.4 Å². The molecule has 0 bridgehead atoms. The van der Waals surface area contributed by atoms with E-state index >= 15 is 0 Å². The van der Waals surface area contributed by atoms with E-state index < -0.39 is 0 Å². The molecule has 0 amide bonds. The van der Waals surface area contributed by atoms with E-state index in [9.17, 15) is 9.59 Å². The number of thiazole rings is 1. The topological polar surface area (TPSA) is 65.7 Å². The second-order valence-corrected chi connectivity index (χ2v) is 8.67. The predicted octanol–water partition coefficient (Wildman–Crippen LogP) is 4.64. The summed E-state index contributed by atoms with van der Waals surface area (Å²) in [6, 6.07) is 18.3. The fourth-order valence-corrected chi connectivity index (χ4v) is 6.24. The van der Waals surface area contributed by atoms with Crippen LogP contribution in [0.5, 0.6) is 0 Å². The highest BCUT2D eigenvalue weighted by molar-refractivity contribution is 7.99. The first-order chi connectivity index (χ1) is 13.3. The number of aldehydes is 1. The fraction of sp³-hybridized carbons (Fsp3) is 0.143. The van der Waals surface area contributed by atoms with E-state index in [1.165, 1.54) is 11.3 Å². The third-order valence-electron chi connectivity index (χ3n) is 5.07. The Morgan fingerprint density at radius 3 is 2.59 bits per heavy atom. The van der Waals surface area contributed by atoms with E-state index in [1.54, 1.807) is 11.8 Å². The summed E-state index contributed by atoms with van der Waals surface area (Å²) in [6.07, 6.45) is 1.04. The Labute approximate surface area is 163 Å². The van der Waals surface area contributed by atoms with Gasteiger partial charge in [0.2, 0.25) is 0 Å². The largest absolute Gasteiger partial charge is 0.354 e. The monoisotopic (exact) mass is 392 g/mol. The van der Waals surface area contributed by atoms with Crippen molar-refractivity contribution in [3.63, 3.8) is 0 Å². The zero-order valence-electron chi connectivity index (χ0n) is 14.3. The Morgan fingerprint density at radius 2 is 1.78 bits per heavy atom. The second kappa shape index (κ2) is 6.55. The van der Waals surface area contributed by atoms with Gasteiger partial charge in [0.05, 0.1) is 10.7 Å². The zero-order valence-corrected chi connectivity index (χ0v) is 15.9. The molecular formula is C21H16N2O2S2. The van der Waals surface area contributed by atoms with Gasteiger partial charge in [0.1, 0.15) is 6.29 Å². The van der Waals surface area contributed by atoms with Gasteiger partial charge in [0.25, 0.3) is 0 Å². The van der Waals surface area contributed by atoms with E-state index in [4.69, 9.17) is 0 Å². The van der Waals surface area contributed by atoms with Crippen molar-refractivity contribution < 1.29 is 4.79 Å². The molecule has 2 aromatic carbocycles. The Hall–Kier alpha value is -2.57. The molecule has 0 radical (unpaired) electrons. The molecule has 27 heavy (non-hydrogen) atoms. The number of para-hydroxylation sites is 1. The van der Waals surface area contributed by atoms with Crippen LogP contribution in [0.25, 0.3) is 22.2 Å². The van der Waals surface area contributed by atoms with Gasteiger partial charge in [-0.15, -0.1) is 11.8 Å². The maximum absolute atomic E-state index is 12.0. The average Bonchev–Trinajstić information content (AvgIpc) is 3.27. The lowest BCUT2D eigenvalue weighted by Crippen LogP contribution is -2.22. The molecule has 0 spiro atoms. The first-order valence-electron chi connectivity index (χ1n) is 8.73. The molecule has 1 aliphatic heterocycles. The highest BCUT2D eigenvalue weighted by Gasteiger charge is 2.37.